The first-order valence-corrected chi connectivity index (χ1v) is 13.3. The Morgan fingerprint density at radius 2 is 2.17 bits per heavy atom. The highest BCUT2D eigenvalue weighted by atomic mass is 32.2. The molecule has 5 heterocycles. The highest BCUT2D eigenvalue weighted by Crippen LogP contribution is 2.45. The van der Waals surface area contributed by atoms with Crippen LogP contribution in [0.2, 0.25) is 0 Å². The first-order chi connectivity index (χ1) is 17.5. The molecule has 10 nitrogen and oxygen atoms in total. The molecule has 184 valence electrons. The van der Waals surface area contributed by atoms with Crippen LogP contribution in [0.15, 0.2) is 32.1 Å². The summed E-state index contributed by atoms with van der Waals surface area (Å²) in [6.45, 7) is 2.58. The number of nitrogens with one attached hydrogen (secondary N) is 2. The minimum absolute atomic E-state index is 0.220. The molecule has 2 bridgehead atoms. The van der Waals surface area contributed by atoms with Crippen LogP contribution in [0, 0.1) is 18.7 Å². The molecule has 1 aromatic carbocycles. The lowest BCUT2D eigenvalue weighted by Crippen LogP contribution is -2.41. The van der Waals surface area contributed by atoms with E-state index >= 15 is 0 Å². The number of hydrogen-bond acceptors (Lipinski definition) is 11. The third-order valence-corrected chi connectivity index (χ3v) is 8.96. The molecule has 2 fully saturated rings. The van der Waals surface area contributed by atoms with Gasteiger partial charge in [0, 0.05) is 38.0 Å². The molecule has 2 aliphatic rings. The fourth-order valence-corrected chi connectivity index (χ4v) is 7.16. The second kappa shape index (κ2) is 8.11. The van der Waals surface area contributed by atoms with Crippen LogP contribution in [0.3, 0.4) is 0 Å². The van der Waals surface area contributed by atoms with Gasteiger partial charge in [0.2, 0.25) is 5.89 Å². The third-order valence-electron chi connectivity index (χ3n) is 7.01. The van der Waals surface area contributed by atoms with E-state index in [0.29, 0.717) is 45.2 Å². The second-order valence-electron chi connectivity index (χ2n) is 9.22. The highest BCUT2D eigenvalue weighted by Gasteiger charge is 2.44. The van der Waals surface area contributed by atoms with Gasteiger partial charge in [-0.15, -0.1) is 21.5 Å². The average molecular weight is 524 g/mol. The monoisotopic (exact) mass is 523 g/mol. The van der Waals surface area contributed by atoms with E-state index in [1.54, 1.807) is 26.2 Å². The van der Waals surface area contributed by atoms with Gasteiger partial charge in [-0.2, -0.15) is 0 Å². The van der Waals surface area contributed by atoms with Gasteiger partial charge in [-0.1, -0.05) is 0 Å². The minimum atomic E-state index is -0.310. The smallest absolute Gasteiger partial charge is 0.276 e. The molecule has 1 saturated heterocycles. The number of rotatable bonds is 5. The zero-order chi connectivity index (χ0) is 24.6. The topological polar surface area (TPSA) is 135 Å². The first-order valence-electron chi connectivity index (χ1n) is 11.6. The van der Waals surface area contributed by atoms with Crippen LogP contribution in [0.25, 0.3) is 32.8 Å². The number of halogens is 1. The number of nitrogens with zero attached hydrogens (tertiary/aromatic N) is 6. The summed E-state index contributed by atoms with van der Waals surface area (Å²) in [5.74, 6) is 1.83. The number of aromatic nitrogens is 6. The van der Waals surface area contributed by atoms with E-state index in [1.165, 1.54) is 29.2 Å². The Morgan fingerprint density at radius 1 is 1.28 bits per heavy atom. The largest absolute Gasteiger partial charge is 0.419 e. The number of benzene rings is 1. The Kier molecular flexibility index (Phi) is 4.95. The van der Waals surface area contributed by atoms with Crippen molar-refractivity contribution in [2.75, 3.05) is 23.8 Å². The van der Waals surface area contributed by atoms with Crippen molar-refractivity contribution in [2.45, 2.75) is 41.2 Å². The van der Waals surface area contributed by atoms with Crippen molar-refractivity contribution in [3.05, 3.63) is 30.0 Å². The molecule has 4 aromatic heterocycles. The molecule has 1 aliphatic carbocycles. The number of anilines is 2. The summed E-state index contributed by atoms with van der Waals surface area (Å²) < 4.78 is 21.0. The van der Waals surface area contributed by atoms with Crippen LogP contribution in [0.5, 0.6) is 0 Å². The van der Waals surface area contributed by atoms with Crippen molar-refractivity contribution >= 4 is 56.5 Å². The van der Waals surface area contributed by atoms with E-state index in [4.69, 9.17) is 20.1 Å². The summed E-state index contributed by atoms with van der Waals surface area (Å²) in [4.78, 5) is 20.0. The molecule has 0 spiro atoms. The van der Waals surface area contributed by atoms with Gasteiger partial charge in [-0.05, 0) is 42.7 Å². The number of H-pyrrole nitrogens is 1. The lowest BCUT2D eigenvalue weighted by atomic mass is 10.0. The van der Waals surface area contributed by atoms with Gasteiger partial charge >= 0.3 is 0 Å². The number of thiazole rings is 1. The summed E-state index contributed by atoms with van der Waals surface area (Å²) in [6.07, 6.45) is 3.74. The van der Waals surface area contributed by atoms with Crippen LogP contribution in [0.1, 0.15) is 18.7 Å². The molecule has 36 heavy (non-hydrogen) atoms. The quantitative estimate of drug-likeness (QED) is 0.288. The van der Waals surface area contributed by atoms with E-state index in [9.17, 15) is 4.39 Å². The van der Waals surface area contributed by atoms with Gasteiger partial charge in [0.05, 0.1) is 27.0 Å². The van der Waals surface area contributed by atoms with Crippen molar-refractivity contribution in [2.24, 2.45) is 11.7 Å². The highest BCUT2D eigenvalue weighted by molar-refractivity contribution is 8.01. The number of hydrogen-bond donors (Lipinski definition) is 3. The molecular weight excluding hydrogens is 501 g/mol. The lowest BCUT2D eigenvalue weighted by molar-refractivity contribution is 0.471. The van der Waals surface area contributed by atoms with Crippen molar-refractivity contribution in [3.8, 4) is 10.9 Å². The zero-order valence-corrected chi connectivity index (χ0v) is 21.1. The van der Waals surface area contributed by atoms with E-state index in [1.807, 2.05) is 0 Å². The number of piperidine rings is 1. The lowest BCUT2D eigenvalue weighted by Gasteiger charge is -2.31. The van der Waals surface area contributed by atoms with E-state index in [0.717, 1.165) is 45.7 Å². The predicted octanol–water partition coefficient (Wildman–Crippen LogP) is 4.18. The van der Waals surface area contributed by atoms with Crippen molar-refractivity contribution in [3.63, 3.8) is 0 Å². The van der Waals surface area contributed by atoms with E-state index in [2.05, 4.69) is 30.4 Å². The first kappa shape index (κ1) is 21.9. The zero-order valence-electron chi connectivity index (χ0n) is 19.4. The van der Waals surface area contributed by atoms with Gasteiger partial charge < -0.3 is 25.4 Å². The van der Waals surface area contributed by atoms with Crippen LogP contribution in [0.4, 0.5) is 15.9 Å². The Morgan fingerprint density at radius 3 is 2.89 bits per heavy atom. The summed E-state index contributed by atoms with van der Waals surface area (Å²) >= 11 is 2.86. The fourth-order valence-electron chi connectivity index (χ4n) is 5.41. The molecule has 3 atom stereocenters. The molecular formula is C23H22FN9OS2. The summed E-state index contributed by atoms with van der Waals surface area (Å²) in [5.41, 5.74) is 8.49. The maximum Gasteiger partial charge on any atom is 0.276 e. The second-order valence-corrected chi connectivity index (χ2v) is 11.5. The van der Waals surface area contributed by atoms with Gasteiger partial charge in [0.15, 0.2) is 10.2 Å². The van der Waals surface area contributed by atoms with Gasteiger partial charge in [0.1, 0.15) is 17.3 Å². The molecule has 1 aliphatic heterocycles. The summed E-state index contributed by atoms with van der Waals surface area (Å²) in [7, 11) is 1.78. The number of aryl methyl sites for hydroxylation is 1. The molecule has 7 rings (SSSR count). The Bertz CT molecular complexity index is 1630. The normalized spacial score (nSPS) is 21.3. The van der Waals surface area contributed by atoms with Crippen LogP contribution >= 0.6 is 23.1 Å². The number of nitrogens with two attached hydrogens (primary N) is 1. The van der Waals surface area contributed by atoms with Crippen molar-refractivity contribution in [1.29, 1.82) is 0 Å². The third kappa shape index (κ3) is 3.44. The van der Waals surface area contributed by atoms with Gasteiger partial charge in [-0.3, -0.25) is 0 Å². The molecule has 0 radical (unpaired) electrons. The van der Waals surface area contributed by atoms with Crippen LogP contribution in [-0.4, -0.2) is 55.8 Å². The van der Waals surface area contributed by atoms with Crippen LogP contribution < -0.4 is 16.0 Å². The number of fused-ring (bicyclic) bond motifs is 5. The predicted molar refractivity (Wildman–Crippen MR) is 137 cm³/mol. The molecule has 3 unspecified atom stereocenters. The minimum Gasteiger partial charge on any atom is -0.419 e. The Labute approximate surface area is 212 Å². The van der Waals surface area contributed by atoms with Crippen LogP contribution in [-0.2, 0) is 0 Å². The maximum atomic E-state index is 14.6. The van der Waals surface area contributed by atoms with Gasteiger partial charge in [-0.25, -0.2) is 19.3 Å². The van der Waals surface area contributed by atoms with E-state index < -0.39 is 0 Å². The average Bonchev–Trinajstić information content (AvgIpc) is 3.66. The van der Waals surface area contributed by atoms with E-state index in [-0.39, 0.29) is 11.9 Å². The molecule has 1 saturated carbocycles. The molecule has 4 N–H and O–H groups in total. The summed E-state index contributed by atoms with van der Waals surface area (Å²) in [5, 5.41) is 13.8. The maximum absolute atomic E-state index is 14.6. The standard InChI is InChI=1S/C23H22FN9OS2/c1-9-31-32-21(34-9)22-27-7-16(35-22)36-23-29-19-17(13-4-11(24)5-15(26-2)18(13)28-19)20(30-23)33-8-10-3-12(33)6-14(10)25/h4-5,7,10,12,14,26H,3,6,8,25H2,1-2H3,(H,28,29,30). The summed E-state index contributed by atoms with van der Waals surface area (Å²) in [6, 6.07) is 3.57. The molecule has 5 aromatic rings. The van der Waals surface area contributed by atoms with Crippen molar-refractivity contribution in [1.82, 2.24) is 30.1 Å². The van der Waals surface area contributed by atoms with Gasteiger partial charge in [0.25, 0.3) is 5.89 Å². The van der Waals surface area contributed by atoms with Crippen molar-refractivity contribution < 1.29 is 8.81 Å². The Balaban J connectivity index is 1.35. The molecule has 0 amide bonds. The molecule has 13 heteroatoms. The Hall–Kier alpha value is -3.29. The fraction of sp³-hybridized carbons (Fsp3) is 0.348. The number of aromatic amines is 1. The SMILES string of the molecule is CNc1cc(F)cc2c1[nH]c1nc(Sc3cnc(-c4nnc(C)o4)s3)nc(N3CC4CC3CC4N)c12.